The van der Waals surface area contributed by atoms with Crippen molar-refractivity contribution >= 4 is 28.1 Å². The SMILES string of the molecule is COc1cccc2oc(-c3nc4ccccc4c(=O)n3N=Cc3cccc(OC(C)C)c3)cc12. The van der Waals surface area contributed by atoms with Crippen LogP contribution < -0.4 is 15.0 Å². The number of para-hydroxylation sites is 1. The molecule has 3 aromatic carbocycles. The molecule has 0 N–H and O–H groups in total. The fraction of sp³-hybridized carbons (Fsp3) is 0.148. The average Bonchev–Trinajstić information content (AvgIpc) is 3.27. The number of benzene rings is 3. The summed E-state index contributed by atoms with van der Waals surface area (Å²) in [5.41, 5.74) is 1.69. The molecule has 0 aliphatic rings. The highest BCUT2D eigenvalue weighted by Crippen LogP contribution is 2.32. The molecule has 0 unspecified atom stereocenters. The number of furan rings is 1. The zero-order valence-corrected chi connectivity index (χ0v) is 19.1. The molecule has 0 bridgehead atoms. The third kappa shape index (κ3) is 4.03. The van der Waals surface area contributed by atoms with Crippen LogP contribution in [0.1, 0.15) is 19.4 Å². The van der Waals surface area contributed by atoms with Gasteiger partial charge in [-0.25, -0.2) is 4.98 Å². The summed E-state index contributed by atoms with van der Waals surface area (Å²) in [6.07, 6.45) is 1.66. The third-order valence-corrected chi connectivity index (χ3v) is 5.27. The predicted octanol–water partition coefficient (Wildman–Crippen LogP) is 5.49. The van der Waals surface area contributed by atoms with Crippen molar-refractivity contribution in [2.45, 2.75) is 20.0 Å². The molecule has 0 spiro atoms. The highest BCUT2D eigenvalue weighted by molar-refractivity contribution is 5.88. The fourth-order valence-corrected chi connectivity index (χ4v) is 3.78. The quantitative estimate of drug-likeness (QED) is 0.318. The fourth-order valence-electron chi connectivity index (χ4n) is 3.78. The molecule has 5 aromatic rings. The number of aromatic nitrogens is 2. The van der Waals surface area contributed by atoms with Gasteiger partial charge in [0.05, 0.1) is 35.7 Å². The van der Waals surface area contributed by atoms with Gasteiger partial charge >= 0.3 is 0 Å². The molecule has 2 aromatic heterocycles. The maximum absolute atomic E-state index is 13.4. The molecule has 7 nitrogen and oxygen atoms in total. The number of nitrogens with zero attached hydrogens (tertiary/aromatic N) is 3. The lowest BCUT2D eigenvalue weighted by Gasteiger charge is -2.10. The Balaban J connectivity index is 1.67. The Hall–Kier alpha value is -4.39. The zero-order valence-electron chi connectivity index (χ0n) is 19.1. The van der Waals surface area contributed by atoms with Crippen LogP contribution in [-0.2, 0) is 0 Å². The molecule has 0 aliphatic carbocycles. The van der Waals surface area contributed by atoms with Crippen molar-refractivity contribution in [3.63, 3.8) is 0 Å². The minimum Gasteiger partial charge on any atom is -0.496 e. The Morgan fingerprint density at radius 1 is 1.00 bits per heavy atom. The summed E-state index contributed by atoms with van der Waals surface area (Å²) in [5.74, 6) is 2.12. The lowest BCUT2D eigenvalue weighted by atomic mass is 10.2. The zero-order chi connectivity index (χ0) is 23.7. The summed E-state index contributed by atoms with van der Waals surface area (Å²) in [7, 11) is 1.60. The van der Waals surface area contributed by atoms with E-state index in [1.54, 1.807) is 31.5 Å². The molecule has 2 heterocycles. The molecule has 0 aliphatic heterocycles. The Morgan fingerprint density at radius 3 is 2.65 bits per heavy atom. The van der Waals surface area contributed by atoms with Gasteiger partial charge in [-0.3, -0.25) is 4.79 Å². The molecule has 0 saturated carbocycles. The van der Waals surface area contributed by atoms with E-state index in [0.29, 0.717) is 33.8 Å². The number of ether oxygens (including phenoxy) is 2. The first-order valence-corrected chi connectivity index (χ1v) is 10.9. The van der Waals surface area contributed by atoms with Crippen molar-refractivity contribution in [2.24, 2.45) is 5.10 Å². The van der Waals surface area contributed by atoms with Gasteiger partial charge in [0.2, 0.25) is 5.82 Å². The lowest BCUT2D eigenvalue weighted by molar-refractivity contribution is 0.242. The average molecular weight is 453 g/mol. The first-order valence-electron chi connectivity index (χ1n) is 10.9. The monoisotopic (exact) mass is 453 g/mol. The minimum absolute atomic E-state index is 0.0520. The van der Waals surface area contributed by atoms with E-state index in [9.17, 15) is 4.79 Å². The number of hydrogen-bond donors (Lipinski definition) is 0. The van der Waals surface area contributed by atoms with E-state index in [1.165, 1.54) is 4.68 Å². The molecule has 0 fully saturated rings. The van der Waals surface area contributed by atoms with Crippen LogP contribution in [0.25, 0.3) is 33.5 Å². The molecule has 7 heteroatoms. The lowest BCUT2D eigenvalue weighted by Crippen LogP contribution is -2.20. The van der Waals surface area contributed by atoms with E-state index in [1.807, 2.05) is 68.4 Å². The van der Waals surface area contributed by atoms with Crippen molar-refractivity contribution in [3.8, 4) is 23.1 Å². The van der Waals surface area contributed by atoms with Gasteiger partial charge in [-0.1, -0.05) is 30.3 Å². The summed E-state index contributed by atoms with van der Waals surface area (Å²) >= 11 is 0. The first-order chi connectivity index (χ1) is 16.5. The van der Waals surface area contributed by atoms with Crippen molar-refractivity contribution in [1.82, 2.24) is 9.66 Å². The normalized spacial score (nSPS) is 11.6. The van der Waals surface area contributed by atoms with Crippen molar-refractivity contribution in [1.29, 1.82) is 0 Å². The van der Waals surface area contributed by atoms with Crippen LogP contribution in [0, 0.1) is 0 Å². The molecule has 0 saturated heterocycles. The Labute approximate surface area is 195 Å². The Bertz CT molecular complexity index is 1580. The van der Waals surface area contributed by atoms with E-state index in [0.717, 1.165) is 16.7 Å². The summed E-state index contributed by atoms with van der Waals surface area (Å²) < 4.78 is 18.5. The highest BCUT2D eigenvalue weighted by atomic mass is 16.5. The molecule has 170 valence electrons. The topological polar surface area (TPSA) is 78.9 Å². The van der Waals surface area contributed by atoms with Gasteiger partial charge in [-0.05, 0) is 61.9 Å². The van der Waals surface area contributed by atoms with Crippen molar-refractivity contribution in [3.05, 3.63) is 88.7 Å². The molecule has 0 radical (unpaired) electrons. The van der Waals surface area contributed by atoms with Gasteiger partial charge < -0.3 is 13.9 Å². The van der Waals surface area contributed by atoms with Crippen molar-refractivity contribution < 1.29 is 13.9 Å². The number of hydrogen-bond acceptors (Lipinski definition) is 6. The van der Waals surface area contributed by atoms with Crippen LogP contribution in [0.3, 0.4) is 0 Å². The van der Waals surface area contributed by atoms with Crippen LogP contribution in [0.2, 0.25) is 0 Å². The van der Waals surface area contributed by atoms with Crippen LogP contribution in [0.15, 0.2) is 87.1 Å². The van der Waals surface area contributed by atoms with E-state index >= 15 is 0 Å². The highest BCUT2D eigenvalue weighted by Gasteiger charge is 2.17. The molecule has 34 heavy (non-hydrogen) atoms. The van der Waals surface area contributed by atoms with Crippen LogP contribution in [0.4, 0.5) is 0 Å². The second-order valence-electron chi connectivity index (χ2n) is 8.04. The minimum atomic E-state index is -0.293. The van der Waals surface area contributed by atoms with Gasteiger partial charge in [0, 0.05) is 0 Å². The summed E-state index contributed by atoms with van der Waals surface area (Å²) in [6.45, 7) is 3.94. The van der Waals surface area contributed by atoms with Gasteiger partial charge in [0.25, 0.3) is 5.56 Å². The number of rotatable bonds is 6. The standard InChI is InChI=1S/C27H23N3O4/c1-17(2)33-19-9-6-8-18(14-19)16-28-30-26(29-22-11-5-4-10-20(22)27(30)31)25-15-21-23(32-3)12-7-13-24(21)34-25/h4-17H,1-3H3. The van der Waals surface area contributed by atoms with Crippen LogP contribution >= 0.6 is 0 Å². The second kappa shape index (κ2) is 8.86. The molecule has 0 atom stereocenters. The third-order valence-electron chi connectivity index (χ3n) is 5.27. The van der Waals surface area contributed by atoms with Crippen molar-refractivity contribution in [2.75, 3.05) is 7.11 Å². The van der Waals surface area contributed by atoms with Crippen LogP contribution in [0.5, 0.6) is 11.5 Å². The Kier molecular flexibility index (Phi) is 5.59. The van der Waals surface area contributed by atoms with Gasteiger partial charge in [0.15, 0.2) is 5.76 Å². The van der Waals surface area contributed by atoms with Crippen LogP contribution in [-0.4, -0.2) is 29.1 Å². The number of methoxy groups -OCH3 is 1. The molecule has 0 amide bonds. The molecular formula is C27H23N3O4. The second-order valence-corrected chi connectivity index (χ2v) is 8.04. The molecular weight excluding hydrogens is 430 g/mol. The predicted molar refractivity (Wildman–Crippen MR) is 133 cm³/mol. The maximum Gasteiger partial charge on any atom is 0.282 e. The van der Waals surface area contributed by atoms with E-state index in [4.69, 9.17) is 18.9 Å². The first kappa shape index (κ1) is 21.5. The van der Waals surface area contributed by atoms with E-state index in [2.05, 4.69) is 5.10 Å². The smallest absolute Gasteiger partial charge is 0.282 e. The van der Waals surface area contributed by atoms with E-state index < -0.39 is 0 Å². The molecule has 5 rings (SSSR count). The van der Waals surface area contributed by atoms with E-state index in [-0.39, 0.29) is 11.7 Å². The largest absolute Gasteiger partial charge is 0.496 e. The van der Waals surface area contributed by atoms with Gasteiger partial charge in [0.1, 0.15) is 17.1 Å². The number of fused-ring (bicyclic) bond motifs is 2. The summed E-state index contributed by atoms with van der Waals surface area (Å²) in [4.78, 5) is 18.1. The maximum atomic E-state index is 13.4. The summed E-state index contributed by atoms with van der Waals surface area (Å²) in [5, 5.41) is 5.76. The van der Waals surface area contributed by atoms with Gasteiger partial charge in [-0.2, -0.15) is 9.78 Å². The van der Waals surface area contributed by atoms with Gasteiger partial charge in [-0.15, -0.1) is 0 Å². The Morgan fingerprint density at radius 2 is 1.82 bits per heavy atom. The summed E-state index contributed by atoms with van der Waals surface area (Å²) in [6, 6.07) is 22.1.